The van der Waals surface area contributed by atoms with Crippen LogP contribution in [0.1, 0.15) is 12.8 Å². The van der Waals surface area contributed by atoms with Crippen molar-refractivity contribution >= 4 is 22.0 Å². The van der Waals surface area contributed by atoms with Gasteiger partial charge in [0.1, 0.15) is 11.2 Å². The molecular weight excluding hydrogens is 240 g/mol. The zero-order chi connectivity index (χ0) is 12.3. The Balaban J connectivity index is 2.25. The molecule has 0 bridgehead atoms. The number of rotatable bonds is 4. The first kappa shape index (κ1) is 12.1. The molecule has 0 aromatic heterocycles. The molecule has 0 fully saturated rings. The quantitative estimate of drug-likeness (QED) is 0.819. The second kappa shape index (κ2) is 4.85. The number of fused-ring (bicyclic) bond motifs is 1. The van der Waals surface area contributed by atoms with Crippen molar-refractivity contribution in [1.29, 1.82) is 0 Å². The third kappa shape index (κ3) is 2.32. The first-order chi connectivity index (χ1) is 8.16. The van der Waals surface area contributed by atoms with Gasteiger partial charge in [-0.15, -0.1) is 0 Å². The molecule has 0 saturated heterocycles. The molecule has 0 radical (unpaired) electrons. The SMILES string of the molecule is O=S1(=O)c2ccccc2N=CN1CCCCO. The summed E-state index contributed by atoms with van der Waals surface area (Å²) in [5.74, 6) is 0. The number of unbranched alkanes of at least 4 members (excludes halogenated alkanes) is 1. The van der Waals surface area contributed by atoms with Crippen LogP contribution in [-0.4, -0.2) is 37.3 Å². The maximum absolute atomic E-state index is 12.2. The third-order valence-electron chi connectivity index (χ3n) is 2.56. The Morgan fingerprint density at radius 3 is 2.76 bits per heavy atom. The topological polar surface area (TPSA) is 70.0 Å². The number of aliphatic imine (C=N–C) groups is 1. The maximum Gasteiger partial charge on any atom is 0.267 e. The largest absolute Gasteiger partial charge is 0.396 e. The lowest BCUT2D eigenvalue weighted by atomic mass is 10.3. The van der Waals surface area contributed by atoms with Gasteiger partial charge < -0.3 is 5.11 Å². The second-order valence-corrected chi connectivity index (χ2v) is 5.62. The van der Waals surface area contributed by atoms with Gasteiger partial charge in [-0.2, -0.15) is 0 Å². The van der Waals surface area contributed by atoms with Crippen LogP contribution in [0.2, 0.25) is 0 Å². The lowest BCUT2D eigenvalue weighted by Crippen LogP contribution is -2.32. The number of hydrogen-bond acceptors (Lipinski definition) is 4. The van der Waals surface area contributed by atoms with Crippen molar-refractivity contribution in [3.63, 3.8) is 0 Å². The summed E-state index contributed by atoms with van der Waals surface area (Å²) in [4.78, 5) is 4.35. The number of benzene rings is 1. The summed E-state index contributed by atoms with van der Waals surface area (Å²) in [6, 6.07) is 6.67. The Kier molecular flexibility index (Phi) is 3.44. The molecule has 2 rings (SSSR count). The summed E-state index contributed by atoms with van der Waals surface area (Å²) in [6.07, 6.45) is 2.54. The van der Waals surface area contributed by atoms with Gasteiger partial charge in [-0.1, -0.05) is 12.1 Å². The van der Waals surface area contributed by atoms with Crippen LogP contribution in [0.25, 0.3) is 0 Å². The maximum atomic E-state index is 12.2. The van der Waals surface area contributed by atoms with Gasteiger partial charge in [0.05, 0.1) is 5.69 Å². The van der Waals surface area contributed by atoms with Gasteiger partial charge >= 0.3 is 0 Å². The van der Waals surface area contributed by atoms with E-state index in [-0.39, 0.29) is 11.5 Å². The average Bonchev–Trinajstić information content (AvgIpc) is 2.32. The van der Waals surface area contributed by atoms with Crippen LogP contribution in [0.5, 0.6) is 0 Å². The Hall–Kier alpha value is -1.40. The summed E-state index contributed by atoms with van der Waals surface area (Å²) >= 11 is 0. The number of hydrogen-bond donors (Lipinski definition) is 1. The number of para-hydroxylation sites is 1. The molecule has 0 unspecified atom stereocenters. The molecule has 0 amide bonds. The molecule has 0 atom stereocenters. The van der Waals surface area contributed by atoms with E-state index in [2.05, 4.69) is 4.99 Å². The van der Waals surface area contributed by atoms with Crippen molar-refractivity contribution in [3.8, 4) is 0 Å². The van der Waals surface area contributed by atoms with E-state index in [9.17, 15) is 8.42 Å². The molecule has 5 nitrogen and oxygen atoms in total. The molecular formula is C11H14N2O3S. The minimum atomic E-state index is -3.46. The molecule has 17 heavy (non-hydrogen) atoms. The lowest BCUT2D eigenvalue weighted by Gasteiger charge is -2.23. The van der Waals surface area contributed by atoms with Crippen LogP contribution in [-0.2, 0) is 10.0 Å². The summed E-state index contributed by atoms with van der Waals surface area (Å²) in [5, 5.41) is 8.68. The molecule has 92 valence electrons. The van der Waals surface area contributed by atoms with Crippen molar-refractivity contribution in [2.45, 2.75) is 17.7 Å². The fourth-order valence-electron chi connectivity index (χ4n) is 1.65. The smallest absolute Gasteiger partial charge is 0.267 e. The number of aliphatic hydroxyl groups excluding tert-OH is 1. The van der Waals surface area contributed by atoms with Gasteiger partial charge in [0.25, 0.3) is 10.0 Å². The van der Waals surface area contributed by atoms with Crippen molar-refractivity contribution < 1.29 is 13.5 Å². The van der Waals surface area contributed by atoms with Gasteiger partial charge in [-0.3, -0.25) is 4.31 Å². The molecule has 1 heterocycles. The molecule has 1 N–H and O–H groups in total. The fraction of sp³-hybridized carbons (Fsp3) is 0.364. The lowest BCUT2D eigenvalue weighted by molar-refractivity contribution is 0.282. The van der Waals surface area contributed by atoms with Gasteiger partial charge in [0, 0.05) is 13.2 Å². The molecule has 6 heteroatoms. The van der Waals surface area contributed by atoms with E-state index in [1.807, 2.05) is 0 Å². The molecule has 1 aromatic rings. The van der Waals surface area contributed by atoms with E-state index in [4.69, 9.17) is 5.11 Å². The van der Waals surface area contributed by atoms with Crippen LogP contribution in [0, 0.1) is 0 Å². The van der Waals surface area contributed by atoms with E-state index in [0.717, 1.165) is 0 Å². The first-order valence-electron chi connectivity index (χ1n) is 5.42. The molecule has 0 saturated carbocycles. The highest BCUT2D eigenvalue weighted by Crippen LogP contribution is 2.29. The van der Waals surface area contributed by atoms with Crippen LogP contribution in [0.4, 0.5) is 5.69 Å². The number of sulfonamides is 1. The van der Waals surface area contributed by atoms with Gasteiger partial charge in [0.2, 0.25) is 0 Å². The van der Waals surface area contributed by atoms with Gasteiger partial charge in [-0.05, 0) is 25.0 Å². The second-order valence-electron chi connectivity index (χ2n) is 3.76. The standard InChI is InChI=1S/C11H14N2O3S/c14-8-4-3-7-13-9-12-10-5-1-2-6-11(10)17(13,15)16/h1-2,5-6,9,14H,3-4,7-8H2. The minimum Gasteiger partial charge on any atom is -0.396 e. The minimum absolute atomic E-state index is 0.0710. The zero-order valence-electron chi connectivity index (χ0n) is 9.28. The highest BCUT2D eigenvalue weighted by molar-refractivity contribution is 7.89. The highest BCUT2D eigenvalue weighted by Gasteiger charge is 2.27. The molecule has 1 aromatic carbocycles. The Morgan fingerprint density at radius 2 is 2.00 bits per heavy atom. The van der Waals surface area contributed by atoms with Crippen molar-refractivity contribution in [2.75, 3.05) is 13.2 Å². The number of nitrogens with zero attached hydrogens (tertiary/aromatic N) is 2. The monoisotopic (exact) mass is 254 g/mol. The van der Waals surface area contributed by atoms with Crippen molar-refractivity contribution in [2.24, 2.45) is 4.99 Å². The summed E-state index contributed by atoms with van der Waals surface area (Å²) in [7, 11) is -3.46. The van der Waals surface area contributed by atoms with Crippen LogP contribution in [0.15, 0.2) is 34.2 Å². The van der Waals surface area contributed by atoms with E-state index < -0.39 is 10.0 Å². The fourth-order valence-corrected chi connectivity index (χ4v) is 3.08. The van der Waals surface area contributed by atoms with E-state index >= 15 is 0 Å². The predicted octanol–water partition coefficient (Wildman–Crippen LogP) is 1.12. The number of aliphatic hydroxyl groups is 1. The van der Waals surface area contributed by atoms with Gasteiger partial charge in [-0.25, -0.2) is 13.4 Å². The summed E-state index contributed by atoms with van der Waals surface area (Å²) < 4.78 is 25.6. The molecule has 1 aliphatic heterocycles. The van der Waals surface area contributed by atoms with Crippen molar-refractivity contribution in [1.82, 2.24) is 4.31 Å². The zero-order valence-corrected chi connectivity index (χ0v) is 10.1. The Morgan fingerprint density at radius 1 is 1.24 bits per heavy atom. The Labute approximate surface area is 100 Å². The Bertz CT molecular complexity index is 525. The van der Waals surface area contributed by atoms with Crippen LogP contribution < -0.4 is 0 Å². The van der Waals surface area contributed by atoms with E-state index in [0.29, 0.717) is 25.1 Å². The molecule has 0 aliphatic carbocycles. The van der Waals surface area contributed by atoms with Crippen LogP contribution in [0.3, 0.4) is 0 Å². The van der Waals surface area contributed by atoms with Crippen LogP contribution >= 0.6 is 0 Å². The van der Waals surface area contributed by atoms with Gasteiger partial charge in [0.15, 0.2) is 0 Å². The summed E-state index contributed by atoms with van der Waals surface area (Å²) in [6.45, 7) is 0.419. The molecule has 1 aliphatic rings. The van der Waals surface area contributed by atoms with E-state index in [1.165, 1.54) is 10.6 Å². The highest BCUT2D eigenvalue weighted by atomic mass is 32.2. The normalized spacial score (nSPS) is 16.9. The summed E-state index contributed by atoms with van der Waals surface area (Å²) in [5.41, 5.74) is 0.478. The third-order valence-corrected chi connectivity index (χ3v) is 4.36. The first-order valence-corrected chi connectivity index (χ1v) is 6.86. The predicted molar refractivity (Wildman–Crippen MR) is 64.8 cm³/mol. The molecule has 0 spiro atoms. The van der Waals surface area contributed by atoms with Crippen molar-refractivity contribution in [3.05, 3.63) is 24.3 Å². The average molecular weight is 254 g/mol. The van der Waals surface area contributed by atoms with E-state index in [1.54, 1.807) is 24.3 Å².